The monoisotopic (exact) mass is 381 g/mol. The molecule has 1 aromatic heterocycles. The van der Waals surface area contributed by atoms with Gasteiger partial charge in [-0.05, 0) is 50.1 Å². The standard InChI is InChI=1S/C22H23NO5/c1-12-6-7-15(8-13(12)2)21(24)14(3)28-22(25)18-10-16-9-17(26-4)11-19(27-5)20(16)23-18/h6-11,14,23H,1-5H3. The first-order chi connectivity index (χ1) is 13.3. The zero-order valence-corrected chi connectivity index (χ0v) is 16.6. The van der Waals surface area contributed by atoms with Crippen LogP contribution < -0.4 is 9.47 Å². The molecule has 0 fully saturated rings. The summed E-state index contributed by atoms with van der Waals surface area (Å²) in [5.74, 6) is 0.308. The molecule has 0 saturated carbocycles. The second kappa shape index (κ2) is 7.76. The quantitative estimate of drug-likeness (QED) is 0.511. The number of benzene rings is 2. The molecule has 1 heterocycles. The summed E-state index contributed by atoms with van der Waals surface area (Å²) in [6.45, 7) is 5.49. The van der Waals surface area contributed by atoms with Crippen LogP contribution in [0.25, 0.3) is 10.9 Å². The van der Waals surface area contributed by atoms with E-state index in [1.165, 1.54) is 7.11 Å². The highest BCUT2D eigenvalue weighted by atomic mass is 16.5. The Labute approximate surface area is 163 Å². The molecule has 0 spiro atoms. The Balaban J connectivity index is 1.82. The Kier molecular flexibility index (Phi) is 5.40. The minimum atomic E-state index is -0.905. The van der Waals surface area contributed by atoms with Gasteiger partial charge in [0.25, 0.3) is 0 Å². The molecule has 1 unspecified atom stereocenters. The highest BCUT2D eigenvalue weighted by molar-refractivity contribution is 6.02. The van der Waals surface area contributed by atoms with Crippen LogP contribution in [0.15, 0.2) is 36.4 Å². The van der Waals surface area contributed by atoms with E-state index >= 15 is 0 Å². The third kappa shape index (κ3) is 3.71. The van der Waals surface area contributed by atoms with Gasteiger partial charge in [-0.25, -0.2) is 4.79 Å². The molecule has 0 aliphatic rings. The van der Waals surface area contributed by atoms with Crippen LogP contribution in [-0.2, 0) is 4.74 Å². The number of nitrogens with one attached hydrogen (secondary N) is 1. The minimum absolute atomic E-state index is 0.237. The van der Waals surface area contributed by atoms with Gasteiger partial charge in [0.15, 0.2) is 6.10 Å². The summed E-state index contributed by atoms with van der Waals surface area (Å²) < 4.78 is 16.0. The molecule has 6 nitrogen and oxygen atoms in total. The van der Waals surface area contributed by atoms with Gasteiger partial charge in [0.2, 0.25) is 5.78 Å². The molecule has 146 valence electrons. The Hall–Kier alpha value is -3.28. The largest absolute Gasteiger partial charge is 0.497 e. The number of hydrogen-bond donors (Lipinski definition) is 1. The lowest BCUT2D eigenvalue weighted by molar-refractivity contribution is 0.0314. The predicted octanol–water partition coefficient (Wildman–Crippen LogP) is 4.23. The Morgan fingerprint density at radius 3 is 2.36 bits per heavy atom. The Morgan fingerprint density at radius 2 is 1.71 bits per heavy atom. The molecule has 0 aliphatic heterocycles. The second-order valence-electron chi connectivity index (χ2n) is 6.69. The van der Waals surface area contributed by atoms with E-state index in [4.69, 9.17) is 14.2 Å². The summed E-state index contributed by atoms with van der Waals surface area (Å²) in [6.07, 6.45) is -0.905. The zero-order chi connectivity index (χ0) is 20.4. The molecule has 6 heteroatoms. The number of ether oxygens (including phenoxy) is 3. The molecular weight excluding hydrogens is 358 g/mol. The van der Waals surface area contributed by atoms with Crippen LogP contribution in [0.5, 0.6) is 11.5 Å². The van der Waals surface area contributed by atoms with Crippen molar-refractivity contribution < 1.29 is 23.8 Å². The van der Waals surface area contributed by atoms with Crippen molar-refractivity contribution in [3.05, 3.63) is 58.8 Å². The molecule has 0 radical (unpaired) electrons. The first kappa shape index (κ1) is 19.5. The average molecular weight is 381 g/mol. The molecule has 0 saturated heterocycles. The van der Waals surface area contributed by atoms with Crippen LogP contribution in [0.1, 0.15) is 38.9 Å². The average Bonchev–Trinajstić information content (AvgIpc) is 3.12. The molecule has 0 aliphatic carbocycles. The number of Topliss-reactive ketones (excluding diaryl/α,β-unsaturated/α-hetero) is 1. The first-order valence-corrected chi connectivity index (χ1v) is 8.91. The molecular formula is C22H23NO5. The van der Waals surface area contributed by atoms with Crippen molar-refractivity contribution in [2.75, 3.05) is 14.2 Å². The SMILES string of the molecule is COc1cc(OC)c2[nH]c(C(=O)OC(C)C(=O)c3ccc(C)c(C)c3)cc2c1. The summed E-state index contributed by atoms with van der Waals surface area (Å²) in [4.78, 5) is 28.2. The Morgan fingerprint density at radius 1 is 0.964 bits per heavy atom. The fourth-order valence-corrected chi connectivity index (χ4v) is 2.98. The van der Waals surface area contributed by atoms with Crippen LogP contribution in [0.2, 0.25) is 0 Å². The molecule has 2 aromatic carbocycles. The number of fused-ring (bicyclic) bond motifs is 1. The van der Waals surface area contributed by atoms with E-state index in [1.54, 1.807) is 38.3 Å². The van der Waals surface area contributed by atoms with Crippen molar-refractivity contribution >= 4 is 22.7 Å². The molecule has 1 N–H and O–H groups in total. The number of aryl methyl sites for hydroxylation is 2. The van der Waals surface area contributed by atoms with E-state index in [9.17, 15) is 9.59 Å². The molecule has 0 bridgehead atoms. The van der Waals surface area contributed by atoms with E-state index in [0.29, 0.717) is 22.6 Å². The minimum Gasteiger partial charge on any atom is -0.497 e. The van der Waals surface area contributed by atoms with Crippen LogP contribution in [-0.4, -0.2) is 37.1 Å². The number of rotatable bonds is 6. The smallest absolute Gasteiger partial charge is 0.355 e. The van der Waals surface area contributed by atoms with Crippen LogP contribution in [0.4, 0.5) is 0 Å². The van der Waals surface area contributed by atoms with Gasteiger partial charge in [-0.2, -0.15) is 0 Å². The number of methoxy groups -OCH3 is 2. The molecule has 1 atom stereocenters. The maximum atomic E-state index is 12.6. The van der Waals surface area contributed by atoms with Gasteiger partial charge in [-0.3, -0.25) is 4.79 Å². The number of hydrogen-bond acceptors (Lipinski definition) is 5. The topological polar surface area (TPSA) is 77.6 Å². The second-order valence-corrected chi connectivity index (χ2v) is 6.69. The number of ketones is 1. The van der Waals surface area contributed by atoms with Crippen LogP contribution >= 0.6 is 0 Å². The predicted molar refractivity (Wildman–Crippen MR) is 107 cm³/mol. The van der Waals surface area contributed by atoms with Crippen molar-refractivity contribution in [2.45, 2.75) is 26.9 Å². The summed E-state index contributed by atoms with van der Waals surface area (Å²) in [7, 11) is 3.10. The number of aromatic amines is 1. The van der Waals surface area contributed by atoms with Gasteiger partial charge in [-0.1, -0.05) is 12.1 Å². The fourth-order valence-electron chi connectivity index (χ4n) is 2.98. The van der Waals surface area contributed by atoms with Gasteiger partial charge < -0.3 is 19.2 Å². The lowest BCUT2D eigenvalue weighted by Crippen LogP contribution is -2.24. The fraction of sp³-hybridized carbons (Fsp3) is 0.273. The molecule has 3 rings (SSSR count). The number of carbonyl (C=O) groups excluding carboxylic acids is 2. The molecule has 0 amide bonds. The lowest BCUT2D eigenvalue weighted by Gasteiger charge is -2.12. The number of carbonyl (C=O) groups is 2. The maximum Gasteiger partial charge on any atom is 0.355 e. The van der Waals surface area contributed by atoms with E-state index in [-0.39, 0.29) is 11.5 Å². The van der Waals surface area contributed by atoms with Crippen molar-refractivity contribution in [1.29, 1.82) is 0 Å². The van der Waals surface area contributed by atoms with Crippen molar-refractivity contribution in [1.82, 2.24) is 4.98 Å². The molecule has 3 aromatic rings. The zero-order valence-electron chi connectivity index (χ0n) is 16.6. The third-order valence-electron chi connectivity index (χ3n) is 4.79. The highest BCUT2D eigenvalue weighted by Crippen LogP contribution is 2.31. The van der Waals surface area contributed by atoms with Gasteiger partial charge in [0.1, 0.15) is 17.2 Å². The number of aromatic nitrogens is 1. The summed E-state index contributed by atoms with van der Waals surface area (Å²) in [5.41, 5.74) is 3.53. The highest BCUT2D eigenvalue weighted by Gasteiger charge is 2.22. The van der Waals surface area contributed by atoms with Gasteiger partial charge in [0, 0.05) is 17.0 Å². The number of esters is 1. The summed E-state index contributed by atoms with van der Waals surface area (Å²) in [5, 5.41) is 0.747. The first-order valence-electron chi connectivity index (χ1n) is 8.91. The lowest BCUT2D eigenvalue weighted by atomic mass is 10.0. The Bertz CT molecular complexity index is 1050. The molecule has 28 heavy (non-hydrogen) atoms. The summed E-state index contributed by atoms with van der Waals surface area (Å²) >= 11 is 0. The van der Waals surface area contributed by atoms with Gasteiger partial charge in [-0.15, -0.1) is 0 Å². The van der Waals surface area contributed by atoms with Gasteiger partial charge in [0.05, 0.1) is 19.7 Å². The van der Waals surface area contributed by atoms with Crippen LogP contribution in [0, 0.1) is 13.8 Å². The van der Waals surface area contributed by atoms with Crippen molar-refractivity contribution in [3.63, 3.8) is 0 Å². The van der Waals surface area contributed by atoms with E-state index < -0.39 is 12.1 Å². The third-order valence-corrected chi connectivity index (χ3v) is 4.79. The number of H-pyrrole nitrogens is 1. The van der Waals surface area contributed by atoms with E-state index in [0.717, 1.165) is 16.5 Å². The van der Waals surface area contributed by atoms with Crippen molar-refractivity contribution in [2.24, 2.45) is 0 Å². The maximum absolute atomic E-state index is 12.6. The normalized spacial score (nSPS) is 11.9. The van der Waals surface area contributed by atoms with Crippen molar-refractivity contribution in [3.8, 4) is 11.5 Å². The van der Waals surface area contributed by atoms with Crippen LogP contribution in [0.3, 0.4) is 0 Å². The van der Waals surface area contributed by atoms with Gasteiger partial charge >= 0.3 is 5.97 Å². The van der Waals surface area contributed by atoms with E-state index in [2.05, 4.69) is 4.98 Å². The summed E-state index contributed by atoms with van der Waals surface area (Å²) in [6, 6.07) is 10.6. The van der Waals surface area contributed by atoms with E-state index in [1.807, 2.05) is 26.0 Å².